The van der Waals surface area contributed by atoms with E-state index in [1.165, 1.54) is 38.3 Å². The van der Waals surface area contributed by atoms with Gasteiger partial charge in [-0.2, -0.15) is 8.42 Å². The summed E-state index contributed by atoms with van der Waals surface area (Å²) in [4.78, 5) is 20.6. The van der Waals surface area contributed by atoms with Crippen LogP contribution in [-0.4, -0.2) is 31.0 Å². The molecule has 0 aromatic heterocycles. The smallest absolute Gasteiger partial charge is 0.348 e. The number of epoxide rings is 1. The van der Waals surface area contributed by atoms with Crippen LogP contribution < -0.4 is 4.74 Å². The minimum Gasteiger partial charge on any atom is -0.448 e. The fourth-order valence-corrected chi connectivity index (χ4v) is 2.37. The van der Waals surface area contributed by atoms with E-state index in [4.69, 9.17) is 4.55 Å². The third kappa shape index (κ3) is 8.07. The molecule has 24 heavy (non-hydrogen) atoms. The van der Waals surface area contributed by atoms with Gasteiger partial charge < -0.3 is 9.47 Å². The summed E-state index contributed by atoms with van der Waals surface area (Å²) >= 11 is 0. The third-order valence-corrected chi connectivity index (χ3v) is 4.03. The Kier molecular flexibility index (Phi) is 7.87. The maximum Gasteiger partial charge on any atom is 0.348 e. The van der Waals surface area contributed by atoms with Crippen molar-refractivity contribution in [1.29, 1.82) is 0 Å². The fourth-order valence-electron chi connectivity index (χ4n) is 1.89. The van der Waals surface area contributed by atoms with Gasteiger partial charge in [0.15, 0.2) is 6.10 Å². The third-order valence-electron chi connectivity index (χ3n) is 3.17. The Labute approximate surface area is 141 Å². The highest BCUT2D eigenvalue weighted by atomic mass is 32.2. The first-order chi connectivity index (χ1) is 11.2. The number of hydrogen-bond donors (Lipinski definition) is 1. The number of carbonyl (C=O) groups is 2. The molecule has 7 nitrogen and oxygen atoms in total. The van der Waals surface area contributed by atoms with Crippen LogP contribution in [0.1, 0.15) is 46.0 Å². The molecule has 2 rings (SSSR count). The predicted octanol–water partition coefficient (Wildman–Crippen LogP) is 2.74. The van der Waals surface area contributed by atoms with Gasteiger partial charge in [-0.05, 0) is 37.1 Å². The lowest BCUT2D eigenvalue weighted by Crippen LogP contribution is -2.02. The first-order valence-electron chi connectivity index (χ1n) is 7.70. The number of esters is 1. The Balaban J connectivity index is 0.000000254. The van der Waals surface area contributed by atoms with E-state index in [2.05, 4.69) is 16.4 Å². The molecule has 1 aromatic carbocycles. The normalized spacial score (nSPS) is 15.8. The van der Waals surface area contributed by atoms with Crippen LogP contribution in [0.4, 0.5) is 0 Å². The van der Waals surface area contributed by atoms with Crippen molar-refractivity contribution in [2.24, 2.45) is 0 Å². The number of rotatable bonds is 7. The molecule has 1 fully saturated rings. The summed E-state index contributed by atoms with van der Waals surface area (Å²) in [6, 6.07) is 4.86. The van der Waals surface area contributed by atoms with Crippen molar-refractivity contribution in [2.45, 2.75) is 57.0 Å². The van der Waals surface area contributed by atoms with Crippen LogP contribution in [0.2, 0.25) is 0 Å². The van der Waals surface area contributed by atoms with Crippen LogP contribution in [0.25, 0.3) is 0 Å². The van der Waals surface area contributed by atoms with Crippen molar-refractivity contribution in [1.82, 2.24) is 0 Å². The lowest BCUT2D eigenvalue weighted by atomic mass is 10.1. The van der Waals surface area contributed by atoms with Gasteiger partial charge in [0.05, 0.1) is 4.90 Å². The summed E-state index contributed by atoms with van der Waals surface area (Å²) in [5.74, 6) is -0.272. The molecule has 134 valence electrons. The Morgan fingerprint density at radius 2 is 1.79 bits per heavy atom. The molecule has 0 bridgehead atoms. The second-order valence-corrected chi connectivity index (χ2v) is 6.74. The summed E-state index contributed by atoms with van der Waals surface area (Å²) in [7, 11) is -4.19. The lowest BCUT2D eigenvalue weighted by Gasteiger charge is -2.01. The van der Waals surface area contributed by atoms with Crippen molar-refractivity contribution in [2.75, 3.05) is 0 Å². The van der Waals surface area contributed by atoms with Crippen molar-refractivity contribution in [3.8, 4) is 5.75 Å². The van der Waals surface area contributed by atoms with Gasteiger partial charge >= 0.3 is 11.9 Å². The molecule has 0 amide bonds. The zero-order chi connectivity index (χ0) is 18.2. The number of unbranched alkanes of at least 4 members (excludes halogenated alkanes) is 3. The zero-order valence-corrected chi connectivity index (χ0v) is 14.5. The topological polar surface area (TPSA) is 110 Å². The lowest BCUT2D eigenvalue weighted by molar-refractivity contribution is -0.131. The maximum absolute atomic E-state index is 10.6. The minimum atomic E-state index is -4.19. The first-order valence-corrected chi connectivity index (χ1v) is 9.14. The van der Waals surface area contributed by atoms with E-state index < -0.39 is 16.1 Å². The molecule has 1 aromatic rings. The van der Waals surface area contributed by atoms with Gasteiger partial charge in [0, 0.05) is 6.92 Å². The second kappa shape index (κ2) is 9.39. The van der Waals surface area contributed by atoms with Crippen LogP contribution in [0.3, 0.4) is 0 Å². The number of cyclic esters (lactones) is 1. The molecule has 1 aliphatic rings. The molecule has 8 heteroatoms. The number of carbonyl (C=O) groups excluding carboxylic acids is 2. The van der Waals surface area contributed by atoms with E-state index in [9.17, 15) is 18.0 Å². The average molecular weight is 358 g/mol. The Morgan fingerprint density at radius 3 is 2.21 bits per heavy atom. The summed E-state index contributed by atoms with van der Waals surface area (Å²) in [5, 5.41) is 0. The summed E-state index contributed by atoms with van der Waals surface area (Å²) in [6.07, 6.45) is 5.84. The molecule has 1 heterocycles. The molecule has 0 spiro atoms. The molecule has 1 saturated heterocycles. The van der Waals surface area contributed by atoms with Crippen LogP contribution >= 0.6 is 0 Å². The summed E-state index contributed by atoms with van der Waals surface area (Å²) in [6.45, 7) is 3.41. The molecule has 0 saturated carbocycles. The summed E-state index contributed by atoms with van der Waals surface area (Å²) < 4.78 is 39.2. The van der Waals surface area contributed by atoms with E-state index in [0.29, 0.717) is 0 Å². The standard InChI is InChI=1S/C8H8O5S.C8H14O2/c1-6(9)13-7-2-4-8(5-3-7)14(10,11)12;1-2-3-4-5-6-7-8(9)10-7/h2-5H,1H3,(H,10,11,12);7H,2-6H2,1H3. The van der Waals surface area contributed by atoms with Gasteiger partial charge in [-0.15, -0.1) is 0 Å². The van der Waals surface area contributed by atoms with Crippen LogP contribution in [0.5, 0.6) is 5.75 Å². The van der Waals surface area contributed by atoms with Gasteiger partial charge in [-0.3, -0.25) is 9.35 Å². The van der Waals surface area contributed by atoms with E-state index in [-0.39, 0.29) is 22.7 Å². The molecule has 0 aliphatic carbocycles. The highest BCUT2D eigenvalue weighted by molar-refractivity contribution is 7.85. The quantitative estimate of drug-likeness (QED) is 0.262. The van der Waals surface area contributed by atoms with E-state index >= 15 is 0 Å². The largest absolute Gasteiger partial charge is 0.448 e. The SMILES string of the molecule is CC(=O)Oc1ccc(S(=O)(=O)O)cc1.CCCCCCC1OC1=O. The Bertz CT molecular complexity index is 650. The fraction of sp³-hybridized carbons (Fsp3) is 0.500. The monoisotopic (exact) mass is 358 g/mol. The van der Waals surface area contributed by atoms with Gasteiger partial charge in [0.1, 0.15) is 5.75 Å². The molecule has 1 unspecified atom stereocenters. The minimum absolute atomic E-state index is 0.00324. The molecular weight excluding hydrogens is 336 g/mol. The zero-order valence-electron chi connectivity index (χ0n) is 13.7. The number of hydrogen-bond acceptors (Lipinski definition) is 6. The van der Waals surface area contributed by atoms with Gasteiger partial charge in [0.25, 0.3) is 10.1 Å². The maximum atomic E-state index is 10.6. The van der Waals surface area contributed by atoms with E-state index in [1.54, 1.807) is 0 Å². The molecular formula is C16H22O7S. The van der Waals surface area contributed by atoms with Crippen molar-refractivity contribution >= 4 is 22.1 Å². The van der Waals surface area contributed by atoms with Gasteiger partial charge in [0.2, 0.25) is 0 Å². The van der Waals surface area contributed by atoms with E-state index in [1.807, 2.05) is 0 Å². The second-order valence-electron chi connectivity index (χ2n) is 5.31. The Hall–Kier alpha value is -1.93. The first kappa shape index (κ1) is 20.1. The molecule has 1 aliphatic heterocycles. The molecule has 1 atom stereocenters. The van der Waals surface area contributed by atoms with Gasteiger partial charge in [-0.25, -0.2) is 4.79 Å². The Morgan fingerprint density at radius 1 is 1.21 bits per heavy atom. The van der Waals surface area contributed by atoms with Crippen molar-refractivity contribution < 1.29 is 32.0 Å². The molecule has 0 radical (unpaired) electrons. The highest BCUT2D eigenvalue weighted by Gasteiger charge is 2.36. The molecule has 1 N–H and O–H groups in total. The van der Waals surface area contributed by atoms with E-state index in [0.717, 1.165) is 25.0 Å². The predicted molar refractivity (Wildman–Crippen MR) is 86.2 cm³/mol. The average Bonchev–Trinajstić information content (AvgIpc) is 3.19. The summed E-state index contributed by atoms with van der Waals surface area (Å²) in [5.41, 5.74) is 0. The number of ether oxygens (including phenoxy) is 2. The van der Waals surface area contributed by atoms with Crippen LogP contribution in [0.15, 0.2) is 29.2 Å². The van der Waals surface area contributed by atoms with Gasteiger partial charge in [-0.1, -0.05) is 26.2 Å². The van der Waals surface area contributed by atoms with Crippen molar-refractivity contribution in [3.63, 3.8) is 0 Å². The number of benzene rings is 1. The van der Waals surface area contributed by atoms with Crippen LogP contribution in [0, 0.1) is 0 Å². The van der Waals surface area contributed by atoms with Crippen LogP contribution in [-0.2, 0) is 24.4 Å². The van der Waals surface area contributed by atoms with Crippen molar-refractivity contribution in [3.05, 3.63) is 24.3 Å². The highest BCUT2D eigenvalue weighted by Crippen LogP contribution is 2.19.